The summed E-state index contributed by atoms with van der Waals surface area (Å²) < 4.78 is 0. The maximum atomic E-state index is 11.2. The number of anilines is 1. The average molecular weight is 249 g/mol. The van der Waals surface area contributed by atoms with E-state index in [0.29, 0.717) is 13.0 Å². The molecule has 18 heavy (non-hydrogen) atoms. The molecule has 0 bridgehead atoms. The van der Waals surface area contributed by atoms with Gasteiger partial charge in [-0.15, -0.1) is 0 Å². The molecule has 0 atom stereocenters. The third-order valence-electron chi connectivity index (χ3n) is 2.86. The van der Waals surface area contributed by atoms with E-state index >= 15 is 0 Å². The first kappa shape index (κ1) is 14.5. The largest absolute Gasteiger partial charge is 0.371 e. The van der Waals surface area contributed by atoms with Gasteiger partial charge in [-0.3, -0.25) is 4.79 Å². The van der Waals surface area contributed by atoms with E-state index in [2.05, 4.69) is 22.3 Å². The molecule has 1 aromatic carbocycles. The molecule has 0 heterocycles. The summed E-state index contributed by atoms with van der Waals surface area (Å²) >= 11 is 0. The molecule has 0 aliphatic carbocycles. The van der Waals surface area contributed by atoms with Crippen molar-refractivity contribution in [2.75, 3.05) is 31.6 Å². The minimum Gasteiger partial charge on any atom is -0.371 e. The monoisotopic (exact) mass is 249 g/mol. The molecule has 0 radical (unpaired) electrons. The van der Waals surface area contributed by atoms with Crippen LogP contribution in [0.5, 0.6) is 0 Å². The van der Waals surface area contributed by atoms with Crippen molar-refractivity contribution < 1.29 is 4.79 Å². The molecule has 1 aromatic rings. The first-order chi connectivity index (χ1) is 8.77. The van der Waals surface area contributed by atoms with Gasteiger partial charge < -0.3 is 16.0 Å². The summed E-state index contributed by atoms with van der Waals surface area (Å²) in [5, 5.41) is 2.64. The van der Waals surface area contributed by atoms with E-state index in [1.54, 1.807) is 7.05 Å². The van der Waals surface area contributed by atoms with E-state index in [9.17, 15) is 4.79 Å². The summed E-state index contributed by atoms with van der Waals surface area (Å²) in [5.41, 5.74) is 6.76. The molecule has 1 amide bonds. The Morgan fingerprint density at radius 2 is 1.89 bits per heavy atom. The Morgan fingerprint density at radius 1 is 1.22 bits per heavy atom. The molecule has 100 valence electrons. The zero-order chi connectivity index (χ0) is 13.2. The zero-order valence-corrected chi connectivity index (χ0v) is 11.1. The van der Waals surface area contributed by atoms with Gasteiger partial charge in [-0.25, -0.2) is 0 Å². The second-order valence-corrected chi connectivity index (χ2v) is 4.24. The summed E-state index contributed by atoms with van der Waals surface area (Å²) in [4.78, 5) is 13.5. The molecule has 0 aliphatic heterocycles. The highest BCUT2D eigenvalue weighted by molar-refractivity contribution is 5.75. The first-order valence-electron chi connectivity index (χ1n) is 6.48. The quantitative estimate of drug-likeness (QED) is 0.731. The summed E-state index contributed by atoms with van der Waals surface area (Å²) in [6.07, 6.45) is 2.40. The minimum atomic E-state index is 0.0989. The van der Waals surface area contributed by atoms with Gasteiger partial charge in [-0.1, -0.05) is 18.2 Å². The van der Waals surface area contributed by atoms with Crippen LogP contribution in [0.25, 0.3) is 0 Å². The molecule has 1 rings (SSSR count). The smallest absolute Gasteiger partial charge is 0.219 e. The lowest BCUT2D eigenvalue weighted by Crippen LogP contribution is -2.28. The van der Waals surface area contributed by atoms with Crippen LogP contribution in [0.4, 0.5) is 5.69 Å². The van der Waals surface area contributed by atoms with Gasteiger partial charge in [-0.2, -0.15) is 0 Å². The first-order valence-corrected chi connectivity index (χ1v) is 6.48. The number of amides is 1. The third kappa shape index (κ3) is 5.19. The van der Waals surface area contributed by atoms with Gasteiger partial charge in [-0.05, 0) is 31.5 Å². The molecule has 0 unspecified atom stereocenters. The molecule has 0 spiro atoms. The Labute approximate surface area is 109 Å². The Morgan fingerprint density at radius 3 is 2.50 bits per heavy atom. The fraction of sp³-hybridized carbons (Fsp3) is 0.500. The molecule has 4 heteroatoms. The van der Waals surface area contributed by atoms with Gasteiger partial charge >= 0.3 is 0 Å². The second-order valence-electron chi connectivity index (χ2n) is 4.24. The lowest BCUT2D eigenvalue weighted by atomic mass is 10.2. The van der Waals surface area contributed by atoms with Crippen LogP contribution in [0, 0.1) is 0 Å². The molecule has 3 N–H and O–H groups in total. The average Bonchev–Trinajstić information content (AvgIpc) is 2.43. The number of hydrogen-bond acceptors (Lipinski definition) is 3. The van der Waals surface area contributed by atoms with Crippen LogP contribution in [-0.4, -0.2) is 32.6 Å². The minimum absolute atomic E-state index is 0.0989. The van der Waals surface area contributed by atoms with Crippen molar-refractivity contribution in [3.63, 3.8) is 0 Å². The van der Waals surface area contributed by atoms with Crippen LogP contribution in [0.15, 0.2) is 30.3 Å². The Balaban J connectivity index is 2.48. The molecule has 0 saturated heterocycles. The zero-order valence-electron chi connectivity index (χ0n) is 11.1. The summed E-state index contributed by atoms with van der Waals surface area (Å²) in [5.74, 6) is 0.0989. The van der Waals surface area contributed by atoms with Gasteiger partial charge in [0.15, 0.2) is 0 Å². The SMILES string of the molecule is CNC(=O)CCCN(CCCN)c1ccccc1. The van der Waals surface area contributed by atoms with Gasteiger partial charge in [0.2, 0.25) is 5.91 Å². The van der Waals surface area contributed by atoms with Gasteiger partial charge in [0.25, 0.3) is 0 Å². The standard InChI is InChI=1S/C14H23N3O/c1-16-14(18)9-5-11-17(12-6-10-15)13-7-3-2-4-8-13/h2-4,7-8H,5-6,9-12,15H2,1H3,(H,16,18). The van der Waals surface area contributed by atoms with Crippen molar-refractivity contribution in [3.8, 4) is 0 Å². The highest BCUT2D eigenvalue weighted by Gasteiger charge is 2.06. The number of carbonyl (C=O) groups excluding carboxylic acids is 1. The second kappa shape index (κ2) is 8.53. The number of hydrogen-bond donors (Lipinski definition) is 2. The van der Waals surface area contributed by atoms with Crippen LogP contribution in [0.1, 0.15) is 19.3 Å². The lowest BCUT2D eigenvalue weighted by Gasteiger charge is -2.24. The van der Waals surface area contributed by atoms with Crippen LogP contribution in [0.3, 0.4) is 0 Å². The maximum Gasteiger partial charge on any atom is 0.219 e. The van der Waals surface area contributed by atoms with Crippen LogP contribution >= 0.6 is 0 Å². The number of carbonyl (C=O) groups is 1. The van der Waals surface area contributed by atoms with Crippen molar-refractivity contribution in [2.45, 2.75) is 19.3 Å². The number of benzene rings is 1. The number of rotatable bonds is 8. The molecule has 0 fully saturated rings. The maximum absolute atomic E-state index is 11.2. The van der Waals surface area contributed by atoms with Crippen LogP contribution in [0.2, 0.25) is 0 Å². The topological polar surface area (TPSA) is 58.4 Å². The van der Waals surface area contributed by atoms with E-state index in [0.717, 1.165) is 25.9 Å². The normalized spacial score (nSPS) is 10.1. The Kier molecular flexibility index (Phi) is 6.87. The van der Waals surface area contributed by atoms with Gasteiger partial charge in [0, 0.05) is 32.2 Å². The van der Waals surface area contributed by atoms with E-state index in [-0.39, 0.29) is 5.91 Å². The number of nitrogens with zero attached hydrogens (tertiary/aromatic N) is 1. The van der Waals surface area contributed by atoms with Gasteiger partial charge in [0.1, 0.15) is 0 Å². The lowest BCUT2D eigenvalue weighted by molar-refractivity contribution is -0.120. The van der Waals surface area contributed by atoms with Crippen molar-refractivity contribution >= 4 is 11.6 Å². The number of nitrogens with one attached hydrogen (secondary N) is 1. The number of nitrogens with two attached hydrogens (primary N) is 1. The molecule has 0 saturated carbocycles. The molecule has 0 aromatic heterocycles. The highest BCUT2D eigenvalue weighted by Crippen LogP contribution is 2.14. The van der Waals surface area contributed by atoms with E-state index in [4.69, 9.17) is 5.73 Å². The predicted octanol–water partition coefficient (Wildman–Crippen LogP) is 1.37. The third-order valence-corrected chi connectivity index (χ3v) is 2.86. The van der Waals surface area contributed by atoms with E-state index < -0.39 is 0 Å². The highest BCUT2D eigenvalue weighted by atomic mass is 16.1. The fourth-order valence-corrected chi connectivity index (χ4v) is 1.85. The Bertz CT molecular complexity index is 340. The van der Waals surface area contributed by atoms with E-state index in [1.165, 1.54) is 5.69 Å². The Hall–Kier alpha value is -1.55. The predicted molar refractivity (Wildman–Crippen MR) is 75.6 cm³/mol. The van der Waals surface area contributed by atoms with Crippen molar-refractivity contribution in [2.24, 2.45) is 5.73 Å². The molecular formula is C14H23N3O. The molecule has 4 nitrogen and oxygen atoms in total. The van der Waals surface area contributed by atoms with Gasteiger partial charge in [0.05, 0.1) is 0 Å². The van der Waals surface area contributed by atoms with Crippen LogP contribution in [-0.2, 0) is 4.79 Å². The van der Waals surface area contributed by atoms with Crippen molar-refractivity contribution in [1.82, 2.24) is 5.32 Å². The van der Waals surface area contributed by atoms with E-state index in [1.807, 2.05) is 18.2 Å². The molecule has 0 aliphatic rings. The molecular weight excluding hydrogens is 226 g/mol. The van der Waals surface area contributed by atoms with Crippen LogP contribution < -0.4 is 16.0 Å². The van der Waals surface area contributed by atoms with Crippen molar-refractivity contribution in [3.05, 3.63) is 30.3 Å². The summed E-state index contributed by atoms with van der Waals surface area (Å²) in [6, 6.07) is 10.3. The van der Waals surface area contributed by atoms with Crippen molar-refractivity contribution in [1.29, 1.82) is 0 Å². The number of para-hydroxylation sites is 1. The summed E-state index contributed by atoms with van der Waals surface area (Å²) in [7, 11) is 1.67. The fourth-order valence-electron chi connectivity index (χ4n) is 1.85. The summed E-state index contributed by atoms with van der Waals surface area (Å²) in [6.45, 7) is 2.52.